The van der Waals surface area contributed by atoms with Crippen LogP contribution in [0.15, 0.2) is 34.9 Å². The Bertz CT molecular complexity index is 578. The fourth-order valence-corrected chi connectivity index (χ4v) is 3.83. The van der Waals surface area contributed by atoms with Crippen LogP contribution in [0.5, 0.6) is 0 Å². The van der Waals surface area contributed by atoms with E-state index in [4.69, 9.17) is 0 Å². The van der Waals surface area contributed by atoms with Crippen LogP contribution in [0.2, 0.25) is 0 Å². The summed E-state index contributed by atoms with van der Waals surface area (Å²) in [7, 11) is 0. The van der Waals surface area contributed by atoms with Crippen molar-refractivity contribution >= 4 is 18.9 Å². The van der Waals surface area contributed by atoms with E-state index in [1.807, 2.05) is 6.08 Å². The van der Waals surface area contributed by atoms with Gasteiger partial charge in [-0.15, -0.1) is 0 Å². The van der Waals surface area contributed by atoms with Crippen molar-refractivity contribution in [2.24, 2.45) is 23.2 Å². The third-order valence-electron chi connectivity index (χ3n) is 5.30. The predicted molar refractivity (Wildman–Crippen MR) is 90.8 cm³/mol. The molecule has 0 aliphatic heterocycles. The van der Waals surface area contributed by atoms with Crippen molar-refractivity contribution in [3.8, 4) is 0 Å². The van der Waals surface area contributed by atoms with E-state index in [2.05, 4.69) is 32.9 Å². The molecule has 2 aliphatic rings. The summed E-state index contributed by atoms with van der Waals surface area (Å²) in [6, 6.07) is 0. The van der Waals surface area contributed by atoms with Gasteiger partial charge in [0.25, 0.3) is 0 Å². The van der Waals surface area contributed by atoms with Crippen molar-refractivity contribution in [2.75, 3.05) is 0 Å². The topological polar surface area (TPSA) is 51.2 Å². The average molecular weight is 314 g/mol. The van der Waals surface area contributed by atoms with Crippen LogP contribution in [0.1, 0.15) is 46.5 Å². The Morgan fingerprint density at radius 2 is 2.00 bits per heavy atom. The minimum Gasteiger partial charge on any atom is -0.303 e. The van der Waals surface area contributed by atoms with Crippen LogP contribution in [0.4, 0.5) is 0 Å². The van der Waals surface area contributed by atoms with Crippen LogP contribution >= 0.6 is 0 Å². The van der Waals surface area contributed by atoms with Gasteiger partial charge in [-0.1, -0.05) is 29.4 Å². The Kier molecular flexibility index (Phi) is 5.51. The first-order chi connectivity index (χ1) is 11.0. The van der Waals surface area contributed by atoms with Gasteiger partial charge in [0.15, 0.2) is 0 Å². The number of carbonyl (C=O) groups excluding carboxylic acids is 3. The third-order valence-corrected chi connectivity index (χ3v) is 5.30. The van der Waals surface area contributed by atoms with Crippen molar-refractivity contribution in [3.05, 3.63) is 34.9 Å². The van der Waals surface area contributed by atoms with Crippen LogP contribution in [0.3, 0.4) is 0 Å². The molecule has 0 amide bonds. The summed E-state index contributed by atoms with van der Waals surface area (Å²) in [5.74, 6) is -0.259. The molecule has 0 radical (unpaired) electrons. The van der Waals surface area contributed by atoms with Crippen LogP contribution in [-0.4, -0.2) is 18.9 Å². The maximum atomic E-state index is 11.8. The molecule has 23 heavy (non-hydrogen) atoms. The summed E-state index contributed by atoms with van der Waals surface area (Å²) in [6.07, 6.45) is 12.3. The Morgan fingerprint density at radius 3 is 2.57 bits per heavy atom. The molecule has 0 aromatic rings. The molecule has 124 valence electrons. The number of aldehydes is 3. The molecule has 0 N–H and O–H groups in total. The van der Waals surface area contributed by atoms with Crippen LogP contribution in [0, 0.1) is 23.2 Å². The van der Waals surface area contributed by atoms with Crippen LogP contribution < -0.4 is 0 Å². The van der Waals surface area contributed by atoms with Gasteiger partial charge in [-0.2, -0.15) is 0 Å². The zero-order valence-electron chi connectivity index (χ0n) is 14.2. The lowest BCUT2D eigenvalue weighted by molar-refractivity contribution is -0.118. The van der Waals surface area contributed by atoms with Gasteiger partial charge in [-0.25, -0.2) is 0 Å². The fourth-order valence-electron chi connectivity index (χ4n) is 3.83. The molecule has 3 nitrogen and oxygen atoms in total. The molecular weight excluding hydrogens is 288 g/mol. The Hall–Kier alpha value is -1.77. The van der Waals surface area contributed by atoms with E-state index in [1.165, 1.54) is 11.1 Å². The molecule has 4 atom stereocenters. The SMILES string of the molecule is CC(C)=CCC/C(C)=C\[C@@H]1C[C@]1(C=O)[C@@H]1CC=C(C=O)[C@H]1C=O. The summed E-state index contributed by atoms with van der Waals surface area (Å²) in [5.41, 5.74) is 2.70. The lowest BCUT2D eigenvalue weighted by Gasteiger charge is -2.22. The van der Waals surface area contributed by atoms with Gasteiger partial charge in [0, 0.05) is 11.3 Å². The highest BCUT2D eigenvalue weighted by Crippen LogP contribution is 2.62. The molecule has 0 spiro atoms. The number of rotatable bonds is 8. The molecule has 0 aromatic carbocycles. The Balaban J connectivity index is 2.05. The predicted octanol–water partition coefficient (Wildman–Crippen LogP) is 3.84. The van der Waals surface area contributed by atoms with Gasteiger partial charge in [0.05, 0.1) is 0 Å². The van der Waals surface area contributed by atoms with Gasteiger partial charge in [0.2, 0.25) is 0 Å². The van der Waals surface area contributed by atoms with Crippen molar-refractivity contribution in [1.29, 1.82) is 0 Å². The maximum absolute atomic E-state index is 11.8. The maximum Gasteiger partial charge on any atom is 0.146 e. The molecule has 0 unspecified atom stereocenters. The zero-order chi connectivity index (χ0) is 17.0. The first-order valence-corrected chi connectivity index (χ1v) is 8.36. The van der Waals surface area contributed by atoms with Crippen molar-refractivity contribution in [2.45, 2.75) is 46.5 Å². The first kappa shape index (κ1) is 17.6. The first-order valence-electron chi connectivity index (χ1n) is 8.36. The molecule has 0 saturated heterocycles. The van der Waals surface area contributed by atoms with E-state index in [-0.39, 0.29) is 11.8 Å². The van der Waals surface area contributed by atoms with E-state index < -0.39 is 11.3 Å². The number of carbonyl (C=O) groups is 3. The largest absolute Gasteiger partial charge is 0.303 e. The second-order valence-corrected chi connectivity index (χ2v) is 7.20. The smallest absolute Gasteiger partial charge is 0.146 e. The minimum atomic E-state index is -0.454. The molecular formula is C20H26O3. The highest BCUT2D eigenvalue weighted by atomic mass is 16.1. The van der Waals surface area contributed by atoms with E-state index in [0.29, 0.717) is 12.0 Å². The second kappa shape index (κ2) is 7.20. The zero-order valence-corrected chi connectivity index (χ0v) is 14.2. The molecule has 0 heterocycles. The van der Waals surface area contributed by atoms with Gasteiger partial charge >= 0.3 is 0 Å². The number of hydrogen-bond acceptors (Lipinski definition) is 3. The molecule has 1 fully saturated rings. The lowest BCUT2D eigenvalue weighted by atomic mass is 9.78. The normalized spacial score (nSPS) is 32.9. The van der Waals surface area contributed by atoms with E-state index in [0.717, 1.165) is 38.1 Å². The van der Waals surface area contributed by atoms with Gasteiger partial charge < -0.3 is 9.59 Å². The molecule has 2 aliphatic carbocycles. The number of allylic oxidation sites excluding steroid dienone is 6. The Morgan fingerprint density at radius 1 is 1.26 bits per heavy atom. The summed E-state index contributed by atoms with van der Waals surface area (Å²) < 4.78 is 0. The van der Waals surface area contributed by atoms with Crippen molar-refractivity contribution in [1.82, 2.24) is 0 Å². The monoisotopic (exact) mass is 314 g/mol. The third kappa shape index (κ3) is 3.60. The van der Waals surface area contributed by atoms with Gasteiger partial charge in [-0.3, -0.25) is 4.79 Å². The lowest BCUT2D eigenvalue weighted by Crippen LogP contribution is -2.26. The highest BCUT2D eigenvalue weighted by Gasteiger charge is 2.60. The van der Waals surface area contributed by atoms with Gasteiger partial charge in [-0.05, 0) is 63.9 Å². The van der Waals surface area contributed by atoms with Gasteiger partial charge in [0.1, 0.15) is 18.9 Å². The molecule has 1 saturated carbocycles. The Labute approximate surface area is 138 Å². The summed E-state index contributed by atoms with van der Waals surface area (Å²) in [6.45, 7) is 6.29. The fraction of sp³-hybridized carbons (Fsp3) is 0.550. The summed E-state index contributed by atoms with van der Waals surface area (Å²) >= 11 is 0. The molecule has 3 heteroatoms. The molecule has 0 aromatic heterocycles. The standard InChI is InChI=1S/C20H26O3/c1-14(2)5-4-6-15(3)9-17-10-20(17,13-23)19-8-7-16(11-21)18(19)12-22/h5,7,9,11-13,17-19H,4,6,8,10H2,1-3H3/b15-9-/t17-,18-,19-,20-/m1/s1. The van der Waals surface area contributed by atoms with Crippen LogP contribution in [0.25, 0.3) is 0 Å². The van der Waals surface area contributed by atoms with Crippen molar-refractivity contribution < 1.29 is 14.4 Å². The molecule has 2 rings (SSSR count). The van der Waals surface area contributed by atoms with E-state index in [1.54, 1.807) is 0 Å². The van der Waals surface area contributed by atoms with Crippen molar-refractivity contribution in [3.63, 3.8) is 0 Å². The number of hydrogen-bond donors (Lipinski definition) is 0. The summed E-state index contributed by atoms with van der Waals surface area (Å²) in [4.78, 5) is 34.2. The average Bonchev–Trinajstić information content (AvgIpc) is 3.05. The minimum absolute atomic E-state index is 0.0514. The molecule has 0 bridgehead atoms. The van der Waals surface area contributed by atoms with E-state index >= 15 is 0 Å². The second-order valence-electron chi connectivity index (χ2n) is 7.20. The highest BCUT2D eigenvalue weighted by molar-refractivity contribution is 5.83. The van der Waals surface area contributed by atoms with E-state index in [9.17, 15) is 14.4 Å². The van der Waals surface area contributed by atoms with Crippen LogP contribution in [-0.2, 0) is 14.4 Å². The summed E-state index contributed by atoms with van der Waals surface area (Å²) in [5, 5.41) is 0. The quantitative estimate of drug-likeness (QED) is 0.505.